The van der Waals surface area contributed by atoms with Crippen LogP contribution >= 0.6 is 0 Å². The first kappa shape index (κ1) is 68.7. The van der Waals surface area contributed by atoms with E-state index in [1.54, 1.807) is 0 Å². The molecule has 0 saturated carbocycles. The van der Waals surface area contributed by atoms with E-state index in [1.165, 1.54) is 25.7 Å². The van der Waals surface area contributed by atoms with Crippen molar-refractivity contribution in [3.63, 3.8) is 0 Å². The molecule has 0 aliphatic heterocycles. The SMILES string of the molecule is C.C.CC.CCC.CCC.CCC.CCC.[Ar].[CH3-].[U]. The predicted octanol–water partition coefficient (Wildman–Crippen LogP) is 8.41. The minimum Gasteiger partial charge on any atom is -0.358 e. The van der Waals surface area contributed by atoms with Crippen LogP contribution in [0.5, 0.6) is 0 Å². The van der Waals surface area contributed by atoms with Crippen molar-refractivity contribution in [2.24, 2.45) is 0 Å². The van der Waals surface area contributed by atoms with Gasteiger partial charge in [-0.2, -0.15) is 0 Å². The van der Waals surface area contributed by atoms with Gasteiger partial charge < -0.3 is 7.43 Å². The van der Waals surface area contributed by atoms with Gasteiger partial charge in [-0.15, -0.1) is 0 Å². The molecule has 0 heterocycles. The first-order valence-corrected chi connectivity index (χ1v) is 6.66. The molecule has 0 radical (unpaired) electrons. The van der Waals surface area contributed by atoms with Gasteiger partial charge in [-0.25, -0.2) is 0 Å². The van der Waals surface area contributed by atoms with Gasteiger partial charge in [0.05, 0.1) is 0 Å². The van der Waals surface area contributed by atoms with Crippen LogP contribution in [0.15, 0.2) is 0 Å². The van der Waals surface area contributed by atoms with Crippen molar-refractivity contribution in [1.29, 1.82) is 0 Å². The molecule has 0 unspecified atom stereocenters. The summed E-state index contributed by atoms with van der Waals surface area (Å²) in [4.78, 5) is 0. The average molecular weight is 532 g/mol. The van der Waals surface area contributed by atoms with Crippen molar-refractivity contribution < 1.29 is 68.9 Å². The molecule has 0 N–H and O–H groups in total. The molecule has 0 amide bonds. The first-order chi connectivity index (χ1) is 6.66. The van der Waals surface area contributed by atoms with Gasteiger partial charge in [0.15, 0.2) is 0 Å². The molecular weight excluding hydrogens is 482 g/mol. The topological polar surface area (TPSA) is 0 Å². The molecule has 0 aromatic carbocycles. The van der Waals surface area contributed by atoms with E-state index in [2.05, 4.69) is 55.4 Å². The molecule has 0 nitrogen and oxygen atoms in total. The van der Waals surface area contributed by atoms with E-state index in [-0.39, 0.29) is 91.1 Å². The molecule has 0 aromatic heterocycles. The van der Waals surface area contributed by atoms with Gasteiger partial charge in [0.1, 0.15) is 0 Å². The summed E-state index contributed by atoms with van der Waals surface area (Å²) in [5.41, 5.74) is 0. The molecule has 130 valence electrons. The second-order valence-electron chi connectivity index (χ2n) is 2.83. The zero-order valence-corrected chi connectivity index (χ0v) is 19.6. The Morgan fingerprint density at radius 1 is 0.474 bits per heavy atom. The summed E-state index contributed by atoms with van der Waals surface area (Å²) >= 11 is 0. The Kier molecular flexibility index (Phi) is 688. The predicted molar refractivity (Wildman–Crippen MR) is 95.1 cm³/mol. The van der Waals surface area contributed by atoms with Gasteiger partial charge in [0, 0.05) is 68.9 Å². The van der Waals surface area contributed by atoms with Gasteiger partial charge in [0.25, 0.3) is 0 Å². The molecular formula is C17H49ArU-. The first-order valence-electron chi connectivity index (χ1n) is 6.66. The maximum absolute atomic E-state index is 2.12. The zero-order valence-electron chi connectivity index (χ0n) is 14.7. The van der Waals surface area contributed by atoms with E-state index >= 15 is 0 Å². The quantitative estimate of drug-likeness (QED) is 0.275. The van der Waals surface area contributed by atoms with Crippen molar-refractivity contribution in [2.45, 2.75) is 110 Å². The van der Waals surface area contributed by atoms with Crippen LogP contribution in [0.1, 0.15) is 110 Å². The molecule has 0 rings (SSSR count). The third-order valence-corrected chi connectivity index (χ3v) is 0. The fourth-order valence-corrected chi connectivity index (χ4v) is 0. The van der Waals surface area contributed by atoms with Crippen LogP contribution in [0, 0.1) is 76.3 Å². The largest absolute Gasteiger partial charge is 0.358 e. The second-order valence-corrected chi connectivity index (χ2v) is 2.83. The fourth-order valence-electron chi connectivity index (χ4n) is 0. The van der Waals surface area contributed by atoms with Crippen LogP contribution in [0.2, 0.25) is 0 Å². The Balaban J connectivity index is -0.00000000629. The normalized spacial score (nSPS) is 4.11. The molecule has 0 bridgehead atoms. The van der Waals surface area contributed by atoms with E-state index in [4.69, 9.17) is 0 Å². The van der Waals surface area contributed by atoms with E-state index in [0.29, 0.717) is 0 Å². The number of rotatable bonds is 0. The Labute approximate surface area is 184 Å². The molecule has 0 atom stereocenters. The molecule has 0 saturated heterocycles. The Hall–Kier alpha value is 2.31. The summed E-state index contributed by atoms with van der Waals surface area (Å²) in [7, 11) is 0. The summed E-state index contributed by atoms with van der Waals surface area (Å²) < 4.78 is 0. The van der Waals surface area contributed by atoms with E-state index in [1.807, 2.05) is 13.8 Å². The van der Waals surface area contributed by atoms with E-state index in [0.717, 1.165) is 0 Å². The smallest absolute Gasteiger partial charge is 0 e. The van der Waals surface area contributed by atoms with Crippen molar-refractivity contribution in [3.05, 3.63) is 7.43 Å². The van der Waals surface area contributed by atoms with Gasteiger partial charge in [-0.3, -0.25) is 0 Å². The summed E-state index contributed by atoms with van der Waals surface area (Å²) in [5, 5.41) is 0. The maximum atomic E-state index is 2.12. The summed E-state index contributed by atoms with van der Waals surface area (Å²) in [6, 6.07) is 0. The molecule has 19 heavy (non-hydrogen) atoms. The van der Waals surface area contributed by atoms with Gasteiger partial charge in [-0.05, 0) is 0 Å². The van der Waals surface area contributed by atoms with Crippen LogP contribution < -0.4 is 0 Å². The van der Waals surface area contributed by atoms with Crippen molar-refractivity contribution in [1.82, 2.24) is 0 Å². The van der Waals surface area contributed by atoms with E-state index < -0.39 is 0 Å². The maximum Gasteiger partial charge on any atom is 0 e. The van der Waals surface area contributed by atoms with Gasteiger partial charge >= 0.3 is 0 Å². The Morgan fingerprint density at radius 2 is 0.474 bits per heavy atom. The van der Waals surface area contributed by atoms with Crippen molar-refractivity contribution in [2.75, 3.05) is 0 Å². The van der Waals surface area contributed by atoms with Crippen LogP contribution in [0.3, 0.4) is 0 Å². The third-order valence-electron chi connectivity index (χ3n) is 0. The van der Waals surface area contributed by atoms with Crippen LogP contribution in [-0.2, 0) is 0 Å². The van der Waals surface area contributed by atoms with Crippen LogP contribution in [-0.4, -0.2) is 0 Å². The third kappa shape index (κ3) is 1270. The van der Waals surface area contributed by atoms with Gasteiger partial charge in [-0.1, -0.05) is 110 Å². The molecule has 0 fully saturated rings. The molecule has 0 aliphatic carbocycles. The summed E-state index contributed by atoms with van der Waals surface area (Å²) in [5.74, 6) is 0. The van der Waals surface area contributed by atoms with Crippen molar-refractivity contribution >= 4 is 0 Å². The number of hydrogen-bond donors (Lipinski definition) is 0. The summed E-state index contributed by atoms with van der Waals surface area (Å²) in [6.45, 7) is 21.0. The fraction of sp³-hybridized carbons (Fsp3) is 0.941. The molecule has 0 aromatic rings. The molecule has 0 spiro atoms. The Morgan fingerprint density at radius 3 is 0.474 bits per heavy atom. The van der Waals surface area contributed by atoms with Crippen LogP contribution in [0.4, 0.5) is 0 Å². The molecule has 0 aliphatic rings. The Bertz CT molecular complexity index is 19.2. The van der Waals surface area contributed by atoms with Crippen molar-refractivity contribution in [3.8, 4) is 0 Å². The average Bonchev–Trinajstić information content (AvgIpc) is 2.12. The minimum atomic E-state index is 0. The number of hydrogen-bond acceptors (Lipinski definition) is 0. The standard InChI is InChI=1S/4C3H8.C2H6.2CH4.CH3.Ar.U/c4*1-3-2;1-2;;;;;/h4*3H2,1-2H3;1-2H3;2*1H4;1H3;;/q;;;;;;;-1;;. The molecule has 2 heteroatoms. The van der Waals surface area contributed by atoms with Gasteiger partial charge in [0.2, 0.25) is 0 Å². The summed E-state index contributed by atoms with van der Waals surface area (Å²) in [6.07, 6.45) is 5.00. The zero-order chi connectivity index (χ0) is 12.8. The van der Waals surface area contributed by atoms with Crippen LogP contribution in [0.25, 0.3) is 0 Å². The minimum absolute atomic E-state index is 0. The van der Waals surface area contributed by atoms with E-state index in [9.17, 15) is 0 Å². The second kappa shape index (κ2) is 190. The monoisotopic (exact) mass is 531 g/mol.